The van der Waals surface area contributed by atoms with Crippen LogP contribution in [0.25, 0.3) is 0 Å². The predicted molar refractivity (Wildman–Crippen MR) is 67.0 cm³/mol. The van der Waals surface area contributed by atoms with Gasteiger partial charge in [0.2, 0.25) is 0 Å². The lowest BCUT2D eigenvalue weighted by Gasteiger charge is -2.08. The molecule has 3 heteroatoms. The van der Waals surface area contributed by atoms with Crippen molar-refractivity contribution in [1.82, 2.24) is 0 Å². The van der Waals surface area contributed by atoms with E-state index < -0.39 is 0 Å². The molecule has 0 amide bonds. The first-order valence-electron chi connectivity index (χ1n) is 5.83. The van der Waals surface area contributed by atoms with Gasteiger partial charge in [-0.1, -0.05) is 26.2 Å². The Balaban J connectivity index is 2.38. The van der Waals surface area contributed by atoms with Gasteiger partial charge in [0.25, 0.3) is 0 Å². The minimum absolute atomic E-state index is 0.669. The van der Waals surface area contributed by atoms with Crippen LogP contribution in [-0.4, -0.2) is 13.7 Å². The van der Waals surface area contributed by atoms with Crippen molar-refractivity contribution in [1.29, 1.82) is 0 Å². The highest BCUT2D eigenvalue weighted by Crippen LogP contribution is 2.24. The summed E-state index contributed by atoms with van der Waals surface area (Å²) in [6.45, 7) is 2.94. The lowest BCUT2D eigenvalue weighted by molar-refractivity contribution is 0.303. The van der Waals surface area contributed by atoms with Gasteiger partial charge in [-0.05, 0) is 6.42 Å². The fourth-order valence-corrected chi connectivity index (χ4v) is 1.51. The van der Waals surface area contributed by atoms with Gasteiger partial charge in [-0.3, -0.25) is 0 Å². The maximum Gasteiger partial charge on any atom is 0.125 e. The van der Waals surface area contributed by atoms with Crippen molar-refractivity contribution >= 4 is 5.69 Å². The second-order valence-corrected chi connectivity index (χ2v) is 3.85. The Bertz CT molecular complexity index is 313. The lowest BCUT2D eigenvalue weighted by atomic mass is 10.2. The van der Waals surface area contributed by atoms with Gasteiger partial charge in [0.1, 0.15) is 11.5 Å². The molecule has 90 valence electrons. The molecule has 3 nitrogen and oxygen atoms in total. The Morgan fingerprint density at radius 1 is 1.06 bits per heavy atom. The first kappa shape index (κ1) is 12.7. The maximum absolute atomic E-state index is 5.73. The van der Waals surface area contributed by atoms with Gasteiger partial charge in [-0.2, -0.15) is 0 Å². The summed E-state index contributed by atoms with van der Waals surface area (Å²) in [4.78, 5) is 0. The van der Waals surface area contributed by atoms with Gasteiger partial charge < -0.3 is 15.2 Å². The molecule has 0 heterocycles. The van der Waals surface area contributed by atoms with Crippen LogP contribution in [0.1, 0.15) is 32.6 Å². The van der Waals surface area contributed by atoms with Crippen LogP contribution in [-0.2, 0) is 0 Å². The number of hydrogen-bond donors (Lipinski definition) is 1. The van der Waals surface area contributed by atoms with Crippen LogP contribution in [0.15, 0.2) is 18.2 Å². The molecule has 0 aliphatic carbocycles. The normalized spacial score (nSPS) is 10.1. The van der Waals surface area contributed by atoms with Crippen molar-refractivity contribution in [3.05, 3.63) is 18.2 Å². The summed E-state index contributed by atoms with van der Waals surface area (Å²) in [6, 6.07) is 5.46. The SMILES string of the molecule is CCCCCCOc1cc(N)cc(OC)c1. The van der Waals surface area contributed by atoms with Crippen LogP contribution in [0, 0.1) is 0 Å². The van der Waals surface area contributed by atoms with Crippen LogP contribution in [0.5, 0.6) is 11.5 Å². The third-order valence-electron chi connectivity index (χ3n) is 2.40. The number of nitrogen functional groups attached to an aromatic ring is 1. The van der Waals surface area contributed by atoms with E-state index in [1.165, 1.54) is 19.3 Å². The van der Waals surface area contributed by atoms with E-state index in [4.69, 9.17) is 15.2 Å². The quantitative estimate of drug-likeness (QED) is 0.570. The number of anilines is 1. The summed E-state index contributed by atoms with van der Waals surface area (Å²) in [7, 11) is 1.62. The van der Waals surface area contributed by atoms with Crippen molar-refractivity contribution in [2.45, 2.75) is 32.6 Å². The molecule has 2 N–H and O–H groups in total. The van der Waals surface area contributed by atoms with Crippen molar-refractivity contribution in [3.63, 3.8) is 0 Å². The van der Waals surface area contributed by atoms with Crippen LogP contribution in [0.2, 0.25) is 0 Å². The van der Waals surface area contributed by atoms with E-state index >= 15 is 0 Å². The highest BCUT2D eigenvalue weighted by Gasteiger charge is 1.99. The van der Waals surface area contributed by atoms with Crippen LogP contribution >= 0.6 is 0 Å². The highest BCUT2D eigenvalue weighted by molar-refractivity contribution is 5.50. The van der Waals surface area contributed by atoms with Crippen LogP contribution in [0.4, 0.5) is 5.69 Å². The fraction of sp³-hybridized carbons (Fsp3) is 0.538. The molecule has 0 aliphatic rings. The van der Waals surface area contributed by atoms with Gasteiger partial charge in [0.05, 0.1) is 13.7 Å². The first-order valence-corrected chi connectivity index (χ1v) is 5.83. The monoisotopic (exact) mass is 223 g/mol. The highest BCUT2D eigenvalue weighted by atomic mass is 16.5. The molecule has 0 spiro atoms. The molecule has 0 atom stereocenters. The average Bonchev–Trinajstić information content (AvgIpc) is 2.28. The van der Waals surface area contributed by atoms with E-state index in [1.54, 1.807) is 13.2 Å². The molecular formula is C13H21NO2. The molecule has 16 heavy (non-hydrogen) atoms. The maximum atomic E-state index is 5.73. The molecule has 1 aromatic rings. The number of benzene rings is 1. The number of nitrogens with two attached hydrogens (primary N) is 1. The van der Waals surface area contributed by atoms with Gasteiger partial charge in [0.15, 0.2) is 0 Å². The third-order valence-corrected chi connectivity index (χ3v) is 2.40. The molecule has 0 fully saturated rings. The summed E-state index contributed by atoms with van der Waals surface area (Å²) in [5.41, 5.74) is 6.40. The minimum Gasteiger partial charge on any atom is -0.497 e. The molecule has 0 unspecified atom stereocenters. The smallest absolute Gasteiger partial charge is 0.125 e. The van der Waals surface area contributed by atoms with Gasteiger partial charge in [-0.25, -0.2) is 0 Å². The van der Waals surface area contributed by atoms with E-state index in [-0.39, 0.29) is 0 Å². The van der Waals surface area contributed by atoms with Crippen molar-refractivity contribution in [2.75, 3.05) is 19.5 Å². The molecule has 0 aromatic heterocycles. The van der Waals surface area contributed by atoms with Crippen LogP contribution in [0.3, 0.4) is 0 Å². The minimum atomic E-state index is 0.669. The topological polar surface area (TPSA) is 44.5 Å². The molecule has 0 bridgehead atoms. The number of ether oxygens (including phenoxy) is 2. The zero-order valence-corrected chi connectivity index (χ0v) is 10.2. The second-order valence-electron chi connectivity index (χ2n) is 3.85. The van der Waals surface area contributed by atoms with E-state index in [2.05, 4.69) is 6.92 Å². The molecule has 0 radical (unpaired) electrons. The number of unbranched alkanes of at least 4 members (excludes halogenated alkanes) is 3. The third kappa shape index (κ3) is 4.43. The lowest BCUT2D eigenvalue weighted by Crippen LogP contribution is -1.98. The van der Waals surface area contributed by atoms with Gasteiger partial charge in [0, 0.05) is 23.9 Å². The summed E-state index contributed by atoms with van der Waals surface area (Å²) < 4.78 is 10.7. The van der Waals surface area contributed by atoms with E-state index in [0.29, 0.717) is 5.69 Å². The predicted octanol–water partition coefficient (Wildman–Crippen LogP) is 3.24. The molecule has 0 saturated carbocycles. The Kier molecular flexibility index (Phi) is 5.54. The summed E-state index contributed by atoms with van der Waals surface area (Å²) >= 11 is 0. The van der Waals surface area contributed by atoms with Gasteiger partial charge in [-0.15, -0.1) is 0 Å². The van der Waals surface area contributed by atoms with E-state index in [0.717, 1.165) is 24.5 Å². The van der Waals surface area contributed by atoms with Crippen LogP contribution < -0.4 is 15.2 Å². The van der Waals surface area contributed by atoms with Crippen molar-refractivity contribution < 1.29 is 9.47 Å². The first-order chi connectivity index (χ1) is 7.76. The molecule has 0 saturated heterocycles. The second kappa shape index (κ2) is 6.99. The Hall–Kier alpha value is -1.38. The number of hydrogen-bond acceptors (Lipinski definition) is 3. The summed E-state index contributed by atoms with van der Waals surface area (Å²) in [5, 5.41) is 0. The van der Waals surface area contributed by atoms with E-state index in [1.807, 2.05) is 12.1 Å². The Labute approximate surface area is 97.6 Å². The van der Waals surface area contributed by atoms with E-state index in [9.17, 15) is 0 Å². The zero-order valence-electron chi connectivity index (χ0n) is 10.2. The zero-order chi connectivity index (χ0) is 11.8. The van der Waals surface area contributed by atoms with Gasteiger partial charge >= 0.3 is 0 Å². The fourth-order valence-electron chi connectivity index (χ4n) is 1.51. The average molecular weight is 223 g/mol. The van der Waals surface area contributed by atoms with Crippen molar-refractivity contribution in [3.8, 4) is 11.5 Å². The number of rotatable bonds is 7. The molecule has 1 rings (SSSR count). The standard InChI is InChI=1S/C13H21NO2/c1-3-4-5-6-7-16-13-9-11(14)8-12(10-13)15-2/h8-10H,3-7,14H2,1-2H3. The molecule has 1 aromatic carbocycles. The molecular weight excluding hydrogens is 202 g/mol. The molecule has 0 aliphatic heterocycles. The summed E-state index contributed by atoms with van der Waals surface area (Å²) in [5.74, 6) is 1.52. The summed E-state index contributed by atoms with van der Waals surface area (Å²) in [6.07, 6.45) is 4.82. The number of methoxy groups -OCH3 is 1. The Morgan fingerprint density at radius 2 is 1.81 bits per heavy atom. The van der Waals surface area contributed by atoms with Crippen molar-refractivity contribution in [2.24, 2.45) is 0 Å². The largest absolute Gasteiger partial charge is 0.497 e. The Morgan fingerprint density at radius 3 is 2.50 bits per heavy atom.